The fourth-order valence-electron chi connectivity index (χ4n) is 0.788. The molecular weight excluding hydrogens is 140 g/mol. The molecule has 11 heavy (non-hydrogen) atoms. The molecule has 0 aromatic heterocycles. The number of rotatable bonds is 5. The number of hydrogen-bond acceptors (Lipinski definition) is 2. The normalized spacial score (nSPS) is 16.2. The molecule has 2 atom stereocenters. The van der Waals surface area contributed by atoms with Gasteiger partial charge in [-0.05, 0) is 13.3 Å². The molecule has 0 aliphatic rings. The predicted octanol–water partition coefficient (Wildman–Crippen LogP) is 1.60. The smallest absolute Gasteiger partial charge is 0.124 e. The van der Waals surface area contributed by atoms with Crippen LogP contribution < -0.4 is 0 Å². The van der Waals surface area contributed by atoms with Crippen molar-refractivity contribution >= 4 is 12.6 Å². The van der Waals surface area contributed by atoms with Crippen molar-refractivity contribution in [3.05, 3.63) is 12.2 Å². The molecule has 0 saturated heterocycles. The van der Waals surface area contributed by atoms with Gasteiger partial charge >= 0.3 is 0 Å². The Labute approximate surface area is 67.3 Å². The highest BCUT2D eigenvalue weighted by Crippen LogP contribution is 2.11. The van der Waals surface area contributed by atoms with Crippen LogP contribution in [0.4, 0.5) is 0 Å². The molecule has 2 unspecified atom stereocenters. The van der Waals surface area contributed by atoms with Gasteiger partial charge in [-0.1, -0.05) is 19.1 Å². The predicted molar refractivity (Wildman–Crippen MR) is 44.2 cm³/mol. The van der Waals surface area contributed by atoms with Gasteiger partial charge in [0.2, 0.25) is 0 Å². The lowest BCUT2D eigenvalue weighted by atomic mass is 9.93. The average molecular weight is 154 g/mol. The lowest BCUT2D eigenvalue weighted by Crippen LogP contribution is -2.13. The molecule has 0 fully saturated rings. The lowest BCUT2D eigenvalue weighted by Gasteiger charge is -2.09. The summed E-state index contributed by atoms with van der Waals surface area (Å²) >= 11 is 0. The van der Waals surface area contributed by atoms with E-state index in [9.17, 15) is 9.59 Å². The molecule has 0 bridgehead atoms. The zero-order chi connectivity index (χ0) is 8.69. The van der Waals surface area contributed by atoms with E-state index in [1.165, 1.54) is 0 Å². The zero-order valence-corrected chi connectivity index (χ0v) is 6.99. The van der Waals surface area contributed by atoms with Gasteiger partial charge in [0.15, 0.2) is 0 Å². The number of carbonyl (C=O) groups is 2. The van der Waals surface area contributed by atoms with Gasteiger partial charge in [0.25, 0.3) is 0 Å². The second-order valence-corrected chi connectivity index (χ2v) is 2.60. The van der Waals surface area contributed by atoms with Gasteiger partial charge in [-0.15, -0.1) is 0 Å². The molecule has 0 radical (unpaired) electrons. The minimum atomic E-state index is -0.163. The van der Waals surface area contributed by atoms with Crippen LogP contribution >= 0.6 is 0 Å². The van der Waals surface area contributed by atoms with Crippen molar-refractivity contribution in [3.63, 3.8) is 0 Å². The van der Waals surface area contributed by atoms with Gasteiger partial charge < -0.3 is 9.59 Å². The highest BCUT2D eigenvalue weighted by molar-refractivity contribution is 5.64. The molecule has 0 spiro atoms. The maximum atomic E-state index is 10.4. The summed E-state index contributed by atoms with van der Waals surface area (Å²) in [4.78, 5) is 20.7. The Kier molecular flexibility index (Phi) is 5.35. The van der Waals surface area contributed by atoms with Gasteiger partial charge in [-0.25, -0.2) is 0 Å². The quantitative estimate of drug-likeness (QED) is 0.445. The Bertz CT molecular complexity index is 150. The van der Waals surface area contributed by atoms with E-state index in [1.807, 2.05) is 19.1 Å². The van der Waals surface area contributed by atoms with Crippen LogP contribution in [0.5, 0.6) is 0 Å². The van der Waals surface area contributed by atoms with Crippen LogP contribution in [-0.2, 0) is 9.59 Å². The molecule has 0 amide bonds. The van der Waals surface area contributed by atoms with E-state index < -0.39 is 0 Å². The molecule has 2 nitrogen and oxygen atoms in total. The number of carbonyl (C=O) groups excluding carboxylic acids is 2. The maximum Gasteiger partial charge on any atom is 0.124 e. The number of aldehydes is 2. The van der Waals surface area contributed by atoms with Gasteiger partial charge in [-0.3, -0.25) is 0 Å². The molecule has 0 aromatic rings. The monoisotopic (exact) mass is 154 g/mol. The summed E-state index contributed by atoms with van der Waals surface area (Å²) in [5, 5.41) is 0. The second-order valence-electron chi connectivity index (χ2n) is 2.60. The number of hydrogen-bond donors (Lipinski definition) is 0. The summed E-state index contributed by atoms with van der Waals surface area (Å²) in [6.07, 6.45) is 6.12. The maximum absolute atomic E-state index is 10.4. The van der Waals surface area contributed by atoms with E-state index in [-0.39, 0.29) is 11.8 Å². The zero-order valence-electron chi connectivity index (χ0n) is 6.99. The Hall–Kier alpha value is -0.920. The molecule has 0 aromatic carbocycles. The minimum Gasteiger partial charge on any atom is -0.303 e. The summed E-state index contributed by atoms with van der Waals surface area (Å²) in [7, 11) is 0. The van der Waals surface area contributed by atoms with Crippen LogP contribution in [0.15, 0.2) is 12.2 Å². The first-order valence-electron chi connectivity index (χ1n) is 3.78. The summed E-state index contributed by atoms with van der Waals surface area (Å²) < 4.78 is 0. The highest BCUT2D eigenvalue weighted by Gasteiger charge is 2.13. The minimum absolute atomic E-state index is 0.149. The third-order valence-corrected chi connectivity index (χ3v) is 1.71. The molecule has 0 aliphatic carbocycles. The van der Waals surface area contributed by atoms with Crippen LogP contribution in [-0.4, -0.2) is 12.6 Å². The first kappa shape index (κ1) is 10.1. The van der Waals surface area contributed by atoms with Gasteiger partial charge in [-0.2, -0.15) is 0 Å². The Morgan fingerprint density at radius 2 is 1.91 bits per heavy atom. The summed E-state index contributed by atoms with van der Waals surface area (Å²) in [5.74, 6) is -0.313. The summed E-state index contributed by atoms with van der Waals surface area (Å²) in [6.45, 7) is 3.66. The Morgan fingerprint density at radius 3 is 2.27 bits per heavy atom. The molecule has 0 saturated carbocycles. The van der Waals surface area contributed by atoms with E-state index in [1.54, 1.807) is 6.92 Å². The Balaban J connectivity index is 3.93. The topological polar surface area (TPSA) is 34.1 Å². The lowest BCUT2D eigenvalue weighted by molar-refractivity contribution is -0.118. The average Bonchev–Trinajstić information content (AvgIpc) is 2.05. The van der Waals surface area contributed by atoms with E-state index in [4.69, 9.17) is 0 Å². The fraction of sp³-hybridized carbons (Fsp3) is 0.556. The van der Waals surface area contributed by atoms with Crippen LogP contribution in [0, 0.1) is 11.8 Å². The van der Waals surface area contributed by atoms with Gasteiger partial charge in [0.05, 0.1) is 0 Å². The molecule has 2 heteroatoms. The van der Waals surface area contributed by atoms with Crippen molar-refractivity contribution in [2.24, 2.45) is 11.8 Å². The largest absolute Gasteiger partial charge is 0.303 e. The molecule has 62 valence electrons. The van der Waals surface area contributed by atoms with Gasteiger partial charge in [0.1, 0.15) is 12.6 Å². The van der Waals surface area contributed by atoms with E-state index in [0.717, 1.165) is 12.6 Å². The number of allylic oxidation sites excluding steroid dienone is 2. The van der Waals surface area contributed by atoms with Gasteiger partial charge in [0, 0.05) is 11.8 Å². The van der Waals surface area contributed by atoms with Crippen molar-refractivity contribution < 1.29 is 9.59 Å². The fourth-order valence-corrected chi connectivity index (χ4v) is 0.788. The van der Waals surface area contributed by atoms with Crippen molar-refractivity contribution in [1.82, 2.24) is 0 Å². The Morgan fingerprint density at radius 1 is 1.27 bits per heavy atom. The first-order valence-corrected chi connectivity index (χ1v) is 3.78. The highest BCUT2D eigenvalue weighted by atomic mass is 16.1. The molecule has 0 aliphatic heterocycles. The van der Waals surface area contributed by atoms with Crippen LogP contribution in [0.1, 0.15) is 20.3 Å². The summed E-state index contributed by atoms with van der Waals surface area (Å²) in [5.41, 5.74) is 0. The SMILES string of the molecule is CC=CCC(C=O)C(C)C=O. The summed E-state index contributed by atoms with van der Waals surface area (Å²) in [6, 6.07) is 0. The van der Waals surface area contributed by atoms with Crippen molar-refractivity contribution in [1.29, 1.82) is 0 Å². The van der Waals surface area contributed by atoms with Crippen LogP contribution in [0.25, 0.3) is 0 Å². The van der Waals surface area contributed by atoms with E-state index >= 15 is 0 Å². The standard InChI is InChI=1S/C9H14O2/c1-3-4-5-9(7-11)8(2)6-10/h3-4,6-9H,5H2,1-2H3. The van der Waals surface area contributed by atoms with Crippen LogP contribution in [0.2, 0.25) is 0 Å². The third kappa shape index (κ3) is 3.71. The van der Waals surface area contributed by atoms with Crippen molar-refractivity contribution in [2.75, 3.05) is 0 Å². The third-order valence-electron chi connectivity index (χ3n) is 1.71. The molecular formula is C9H14O2. The second kappa shape index (κ2) is 5.83. The first-order chi connectivity index (χ1) is 5.26. The molecule has 0 N–H and O–H groups in total. The van der Waals surface area contributed by atoms with E-state index in [2.05, 4.69) is 0 Å². The van der Waals surface area contributed by atoms with E-state index in [0.29, 0.717) is 6.42 Å². The van der Waals surface area contributed by atoms with Crippen LogP contribution in [0.3, 0.4) is 0 Å². The molecule has 0 heterocycles. The molecule has 0 rings (SSSR count). The van der Waals surface area contributed by atoms with Crippen molar-refractivity contribution in [3.8, 4) is 0 Å². The van der Waals surface area contributed by atoms with Crippen molar-refractivity contribution in [2.45, 2.75) is 20.3 Å².